The van der Waals surface area contributed by atoms with Crippen LogP contribution in [0.25, 0.3) is 0 Å². The summed E-state index contributed by atoms with van der Waals surface area (Å²) in [4.78, 5) is 16.6. The summed E-state index contributed by atoms with van der Waals surface area (Å²) in [5, 5.41) is 7.90. The molecule has 0 spiro atoms. The van der Waals surface area contributed by atoms with Gasteiger partial charge in [-0.25, -0.2) is 0 Å². The average molecular weight is 331 g/mol. The smallest absolute Gasteiger partial charge is 0.274 e. The van der Waals surface area contributed by atoms with Crippen molar-refractivity contribution in [2.45, 2.75) is 13.8 Å². The Balaban J connectivity index is 1.67. The number of amides is 1. The lowest BCUT2D eigenvalue weighted by Gasteiger charge is -2.36. The fourth-order valence-electron chi connectivity index (χ4n) is 2.82. The SMILES string of the molecule is Cc1cccc(N2CCN(C(=O)c3ccc(Cl)nn3)CC2)c1C. The van der Waals surface area contributed by atoms with Crippen LogP contribution in [0, 0.1) is 13.8 Å². The zero-order valence-corrected chi connectivity index (χ0v) is 14.0. The van der Waals surface area contributed by atoms with Gasteiger partial charge in [0.15, 0.2) is 10.8 Å². The van der Waals surface area contributed by atoms with Crippen molar-refractivity contribution in [3.63, 3.8) is 0 Å². The van der Waals surface area contributed by atoms with Gasteiger partial charge in [-0.05, 0) is 43.2 Å². The highest BCUT2D eigenvalue weighted by Gasteiger charge is 2.24. The first-order valence-corrected chi connectivity index (χ1v) is 8.04. The molecule has 1 fully saturated rings. The van der Waals surface area contributed by atoms with Crippen molar-refractivity contribution in [1.29, 1.82) is 0 Å². The van der Waals surface area contributed by atoms with E-state index in [0.29, 0.717) is 23.9 Å². The summed E-state index contributed by atoms with van der Waals surface area (Å²) in [5.74, 6) is -0.0882. The quantitative estimate of drug-likeness (QED) is 0.849. The fraction of sp³-hybridized carbons (Fsp3) is 0.353. The molecule has 0 N–H and O–H groups in total. The van der Waals surface area contributed by atoms with Gasteiger partial charge in [0, 0.05) is 31.9 Å². The second-order valence-electron chi connectivity index (χ2n) is 5.74. The molecule has 0 radical (unpaired) electrons. The minimum Gasteiger partial charge on any atom is -0.368 e. The molecule has 0 unspecified atom stereocenters. The standard InChI is InChI=1S/C17H19ClN4O/c1-12-4-3-5-15(13(12)2)21-8-10-22(11-9-21)17(23)14-6-7-16(18)20-19-14/h3-7H,8-11H2,1-2H3. The minimum atomic E-state index is -0.0882. The Morgan fingerprint density at radius 3 is 2.43 bits per heavy atom. The van der Waals surface area contributed by atoms with Crippen LogP contribution >= 0.6 is 11.6 Å². The van der Waals surface area contributed by atoms with Crippen LogP contribution in [0.5, 0.6) is 0 Å². The largest absolute Gasteiger partial charge is 0.368 e. The normalized spacial score (nSPS) is 14.9. The first-order valence-electron chi connectivity index (χ1n) is 7.66. The van der Waals surface area contributed by atoms with E-state index < -0.39 is 0 Å². The van der Waals surface area contributed by atoms with Crippen molar-refractivity contribution in [1.82, 2.24) is 15.1 Å². The maximum atomic E-state index is 12.4. The van der Waals surface area contributed by atoms with Gasteiger partial charge in [0.25, 0.3) is 5.91 Å². The van der Waals surface area contributed by atoms with Gasteiger partial charge >= 0.3 is 0 Å². The third-order valence-corrected chi connectivity index (χ3v) is 4.54. The van der Waals surface area contributed by atoms with Crippen LogP contribution in [0.3, 0.4) is 0 Å². The number of aromatic nitrogens is 2. The molecule has 1 aromatic heterocycles. The number of aryl methyl sites for hydroxylation is 1. The summed E-state index contributed by atoms with van der Waals surface area (Å²) < 4.78 is 0. The summed E-state index contributed by atoms with van der Waals surface area (Å²) in [7, 11) is 0. The Bertz CT molecular complexity index is 709. The monoisotopic (exact) mass is 330 g/mol. The van der Waals surface area contributed by atoms with Crippen LogP contribution in [0.1, 0.15) is 21.6 Å². The Labute approximate surface area is 140 Å². The number of benzene rings is 1. The second-order valence-corrected chi connectivity index (χ2v) is 6.13. The van der Waals surface area contributed by atoms with E-state index in [2.05, 4.69) is 47.1 Å². The van der Waals surface area contributed by atoms with Gasteiger partial charge in [0.05, 0.1) is 0 Å². The van der Waals surface area contributed by atoms with E-state index in [9.17, 15) is 4.79 Å². The van der Waals surface area contributed by atoms with Crippen molar-refractivity contribution in [3.05, 3.63) is 52.3 Å². The predicted octanol–water partition coefficient (Wildman–Crippen LogP) is 2.71. The van der Waals surface area contributed by atoms with Crippen LogP contribution in [-0.2, 0) is 0 Å². The number of nitrogens with zero attached hydrogens (tertiary/aromatic N) is 4. The Hall–Kier alpha value is -2.14. The van der Waals surface area contributed by atoms with E-state index in [1.54, 1.807) is 12.1 Å². The molecule has 5 nitrogen and oxygen atoms in total. The molecule has 2 heterocycles. The molecule has 1 aromatic carbocycles. The molecule has 0 saturated carbocycles. The Kier molecular flexibility index (Phi) is 4.48. The molecule has 0 bridgehead atoms. The Morgan fingerprint density at radius 2 is 1.78 bits per heavy atom. The number of halogens is 1. The Morgan fingerprint density at radius 1 is 1.04 bits per heavy atom. The second kappa shape index (κ2) is 6.54. The van der Waals surface area contributed by atoms with Crippen LogP contribution in [-0.4, -0.2) is 47.2 Å². The maximum absolute atomic E-state index is 12.4. The number of piperazine rings is 1. The maximum Gasteiger partial charge on any atom is 0.274 e. The van der Waals surface area contributed by atoms with Gasteiger partial charge in [-0.1, -0.05) is 23.7 Å². The third-order valence-electron chi connectivity index (χ3n) is 4.33. The van der Waals surface area contributed by atoms with E-state index in [1.807, 2.05) is 4.90 Å². The number of hydrogen-bond acceptors (Lipinski definition) is 4. The number of hydrogen-bond donors (Lipinski definition) is 0. The number of rotatable bonds is 2. The first kappa shape index (κ1) is 15.7. The molecule has 1 aliphatic rings. The molecule has 23 heavy (non-hydrogen) atoms. The van der Waals surface area contributed by atoms with Gasteiger partial charge < -0.3 is 9.80 Å². The fourth-order valence-corrected chi connectivity index (χ4v) is 2.92. The molecule has 3 rings (SSSR count). The summed E-state index contributed by atoms with van der Waals surface area (Å²) in [6, 6.07) is 9.56. The summed E-state index contributed by atoms with van der Waals surface area (Å²) in [6.07, 6.45) is 0. The average Bonchev–Trinajstić information content (AvgIpc) is 2.58. The van der Waals surface area contributed by atoms with Gasteiger partial charge in [-0.2, -0.15) is 0 Å². The van der Waals surface area contributed by atoms with Gasteiger partial charge in [-0.15, -0.1) is 10.2 Å². The highest BCUT2D eigenvalue weighted by molar-refractivity contribution is 6.29. The van der Waals surface area contributed by atoms with Crippen LogP contribution in [0.15, 0.2) is 30.3 Å². The molecule has 120 valence electrons. The van der Waals surface area contributed by atoms with E-state index in [0.717, 1.165) is 13.1 Å². The highest BCUT2D eigenvalue weighted by atomic mass is 35.5. The molecule has 0 atom stereocenters. The van der Waals surface area contributed by atoms with E-state index in [4.69, 9.17) is 11.6 Å². The molecule has 1 saturated heterocycles. The van der Waals surface area contributed by atoms with Gasteiger partial charge in [0.2, 0.25) is 0 Å². The van der Waals surface area contributed by atoms with Crippen molar-refractivity contribution >= 4 is 23.2 Å². The summed E-state index contributed by atoms with van der Waals surface area (Å²) in [6.45, 7) is 7.25. The molecule has 2 aromatic rings. The van der Waals surface area contributed by atoms with E-state index in [-0.39, 0.29) is 5.91 Å². The van der Waals surface area contributed by atoms with Crippen LogP contribution in [0.2, 0.25) is 5.15 Å². The topological polar surface area (TPSA) is 49.3 Å². The van der Waals surface area contributed by atoms with Gasteiger partial charge in [0.1, 0.15) is 0 Å². The van der Waals surface area contributed by atoms with Crippen molar-refractivity contribution in [2.24, 2.45) is 0 Å². The highest BCUT2D eigenvalue weighted by Crippen LogP contribution is 2.24. The summed E-state index contributed by atoms with van der Waals surface area (Å²) in [5.41, 5.74) is 4.19. The molecular weight excluding hydrogens is 312 g/mol. The molecule has 1 amide bonds. The van der Waals surface area contributed by atoms with Crippen LogP contribution in [0.4, 0.5) is 5.69 Å². The minimum absolute atomic E-state index is 0.0882. The number of carbonyl (C=O) groups excluding carboxylic acids is 1. The van der Waals surface area contributed by atoms with E-state index in [1.165, 1.54) is 16.8 Å². The molecule has 0 aliphatic carbocycles. The van der Waals surface area contributed by atoms with Crippen molar-refractivity contribution in [3.8, 4) is 0 Å². The zero-order chi connectivity index (χ0) is 16.4. The zero-order valence-electron chi connectivity index (χ0n) is 13.3. The van der Waals surface area contributed by atoms with E-state index >= 15 is 0 Å². The predicted molar refractivity (Wildman–Crippen MR) is 91.1 cm³/mol. The third kappa shape index (κ3) is 3.29. The lowest BCUT2D eigenvalue weighted by molar-refractivity contribution is 0.0739. The van der Waals surface area contributed by atoms with Crippen molar-refractivity contribution < 1.29 is 4.79 Å². The lowest BCUT2D eigenvalue weighted by atomic mass is 10.1. The molecule has 6 heteroatoms. The van der Waals surface area contributed by atoms with Crippen LogP contribution < -0.4 is 4.90 Å². The number of carbonyl (C=O) groups is 1. The number of anilines is 1. The first-order chi connectivity index (χ1) is 11.1. The van der Waals surface area contributed by atoms with Crippen molar-refractivity contribution in [2.75, 3.05) is 31.1 Å². The summed E-state index contributed by atoms with van der Waals surface area (Å²) >= 11 is 5.71. The molecule has 1 aliphatic heterocycles. The lowest BCUT2D eigenvalue weighted by Crippen LogP contribution is -2.49. The van der Waals surface area contributed by atoms with Gasteiger partial charge in [-0.3, -0.25) is 4.79 Å². The molecular formula is C17H19ClN4O.